The van der Waals surface area contributed by atoms with E-state index in [1.165, 1.54) is 25.7 Å². The molecule has 3 unspecified atom stereocenters. The molecule has 14 heavy (non-hydrogen) atoms. The van der Waals surface area contributed by atoms with Crippen molar-refractivity contribution in [3.05, 3.63) is 11.6 Å². The monoisotopic (exact) mass is 188 g/mol. The van der Waals surface area contributed by atoms with Crippen LogP contribution in [0.25, 0.3) is 0 Å². The van der Waals surface area contributed by atoms with Gasteiger partial charge in [0.25, 0.3) is 0 Å². The Morgan fingerprint density at radius 2 is 2.07 bits per heavy atom. The molecule has 0 heteroatoms. The Kier molecular flexibility index (Phi) is 1.21. The standard InChI is InChI=1S/C14H20/c1-14(2)5-3-8-7-10-12-9(4-6-14)11(8)13(10)12/h7,9-13H,3-6H2,1-2H3/t9?,10-,11?,12+,13?/m0/s1. The summed E-state index contributed by atoms with van der Waals surface area (Å²) in [5, 5.41) is 0. The molecular formula is C14H20. The molecule has 0 bridgehead atoms. The van der Waals surface area contributed by atoms with E-state index in [2.05, 4.69) is 19.9 Å². The molecule has 0 aromatic carbocycles. The Morgan fingerprint density at radius 3 is 2.86 bits per heavy atom. The summed E-state index contributed by atoms with van der Waals surface area (Å²) in [4.78, 5) is 0. The quantitative estimate of drug-likeness (QED) is 0.509. The summed E-state index contributed by atoms with van der Waals surface area (Å²) >= 11 is 0. The third-order valence-electron chi connectivity index (χ3n) is 5.64. The second-order valence-corrected chi connectivity index (χ2v) is 6.87. The lowest BCUT2D eigenvalue weighted by molar-refractivity contribution is 0.124. The van der Waals surface area contributed by atoms with E-state index in [1.807, 2.05) is 5.57 Å². The Hall–Kier alpha value is -0.260. The Labute approximate surface area is 86.8 Å². The second-order valence-electron chi connectivity index (χ2n) is 6.87. The molecule has 0 spiro atoms. The van der Waals surface area contributed by atoms with E-state index >= 15 is 0 Å². The maximum absolute atomic E-state index is 2.66. The predicted octanol–water partition coefficient (Wildman–Crippen LogP) is 3.63. The zero-order chi connectivity index (χ0) is 9.50. The Morgan fingerprint density at radius 1 is 1.21 bits per heavy atom. The largest absolute Gasteiger partial charge is 0.0813 e. The average Bonchev–Trinajstić information content (AvgIpc) is 2.59. The minimum atomic E-state index is 0.622. The first-order valence-corrected chi connectivity index (χ1v) is 6.38. The molecule has 4 rings (SSSR count). The molecule has 0 saturated heterocycles. The smallest absolute Gasteiger partial charge is 0.0135 e. The molecule has 5 atom stereocenters. The lowest BCUT2D eigenvalue weighted by Gasteiger charge is -2.43. The molecule has 3 saturated carbocycles. The highest BCUT2D eigenvalue weighted by Gasteiger charge is 2.71. The van der Waals surface area contributed by atoms with Gasteiger partial charge in [0.2, 0.25) is 0 Å². The summed E-state index contributed by atoms with van der Waals surface area (Å²) in [6.45, 7) is 4.93. The Bertz CT molecular complexity index is 323. The van der Waals surface area contributed by atoms with Crippen molar-refractivity contribution in [1.29, 1.82) is 0 Å². The number of allylic oxidation sites excluding steroid dienone is 2. The zero-order valence-electron chi connectivity index (χ0n) is 9.29. The van der Waals surface area contributed by atoms with E-state index in [9.17, 15) is 0 Å². The van der Waals surface area contributed by atoms with Crippen LogP contribution in [0.4, 0.5) is 0 Å². The van der Waals surface area contributed by atoms with Crippen LogP contribution in [0.1, 0.15) is 39.5 Å². The average molecular weight is 188 g/mol. The van der Waals surface area contributed by atoms with Crippen molar-refractivity contribution in [2.75, 3.05) is 0 Å². The van der Waals surface area contributed by atoms with Gasteiger partial charge in [-0.2, -0.15) is 0 Å². The molecule has 4 aliphatic rings. The van der Waals surface area contributed by atoms with Gasteiger partial charge in [0.1, 0.15) is 0 Å². The van der Waals surface area contributed by atoms with Crippen molar-refractivity contribution in [1.82, 2.24) is 0 Å². The van der Waals surface area contributed by atoms with Crippen molar-refractivity contribution >= 4 is 0 Å². The molecule has 0 aliphatic heterocycles. The molecule has 0 heterocycles. The van der Waals surface area contributed by atoms with Crippen LogP contribution in [0.3, 0.4) is 0 Å². The van der Waals surface area contributed by atoms with Gasteiger partial charge in [0, 0.05) is 0 Å². The van der Waals surface area contributed by atoms with Gasteiger partial charge < -0.3 is 0 Å². The van der Waals surface area contributed by atoms with Crippen LogP contribution in [0.15, 0.2) is 11.6 Å². The highest BCUT2D eigenvalue weighted by molar-refractivity contribution is 5.38. The Balaban J connectivity index is 1.65. The molecule has 0 nitrogen and oxygen atoms in total. The van der Waals surface area contributed by atoms with Crippen LogP contribution < -0.4 is 0 Å². The van der Waals surface area contributed by atoms with Crippen molar-refractivity contribution in [3.8, 4) is 0 Å². The van der Waals surface area contributed by atoms with Gasteiger partial charge >= 0.3 is 0 Å². The van der Waals surface area contributed by atoms with Crippen LogP contribution in [0.5, 0.6) is 0 Å². The SMILES string of the molecule is CC1(C)CCC2=C[C@@H]3C4C2C(CC1)[C@@H]43. The van der Waals surface area contributed by atoms with E-state index < -0.39 is 0 Å². The van der Waals surface area contributed by atoms with Crippen molar-refractivity contribution < 1.29 is 0 Å². The highest BCUT2D eigenvalue weighted by atomic mass is 14.8. The number of fused-ring (bicyclic) bond motifs is 2. The molecule has 76 valence electrons. The van der Waals surface area contributed by atoms with E-state index in [4.69, 9.17) is 0 Å². The lowest BCUT2D eigenvalue weighted by Crippen LogP contribution is -2.34. The van der Waals surface area contributed by atoms with Gasteiger partial charge in [0.15, 0.2) is 0 Å². The van der Waals surface area contributed by atoms with E-state index in [1.54, 1.807) is 0 Å². The van der Waals surface area contributed by atoms with E-state index in [-0.39, 0.29) is 0 Å². The fourth-order valence-corrected chi connectivity index (χ4v) is 4.70. The topological polar surface area (TPSA) is 0 Å². The number of hydrogen-bond acceptors (Lipinski definition) is 0. The number of rotatable bonds is 0. The number of hydrogen-bond donors (Lipinski definition) is 0. The van der Waals surface area contributed by atoms with Gasteiger partial charge in [-0.1, -0.05) is 25.5 Å². The molecule has 0 aromatic heterocycles. The van der Waals surface area contributed by atoms with Crippen molar-refractivity contribution in [2.24, 2.45) is 35.0 Å². The summed E-state index contributed by atoms with van der Waals surface area (Å²) in [6.07, 6.45) is 8.54. The third-order valence-corrected chi connectivity index (χ3v) is 5.64. The molecule has 0 aromatic rings. The summed E-state index contributed by atoms with van der Waals surface area (Å²) in [6, 6.07) is 0. The molecular weight excluding hydrogens is 168 g/mol. The summed E-state index contributed by atoms with van der Waals surface area (Å²) < 4.78 is 0. The molecule has 0 amide bonds. The van der Waals surface area contributed by atoms with Crippen LogP contribution in [0.2, 0.25) is 0 Å². The van der Waals surface area contributed by atoms with Gasteiger partial charge in [-0.25, -0.2) is 0 Å². The fourth-order valence-electron chi connectivity index (χ4n) is 4.70. The normalized spacial score (nSPS) is 56.4. The fraction of sp³-hybridized carbons (Fsp3) is 0.857. The van der Waals surface area contributed by atoms with E-state index in [0.29, 0.717) is 5.41 Å². The molecule has 0 radical (unpaired) electrons. The first-order chi connectivity index (χ1) is 6.67. The maximum atomic E-state index is 2.66. The summed E-state index contributed by atoms with van der Waals surface area (Å²) in [5.41, 5.74) is 2.50. The molecule has 0 N–H and O–H groups in total. The zero-order valence-corrected chi connectivity index (χ0v) is 9.29. The van der Waals surface area contributed by atoms with Crippen LogP contribution in [-0.2, 0) is 0 Å². The first kappa shape index (κ1) is 7.96. The maximum Gasteiger partial charge on any atom is -0.0135 e. The molecule has 3 fully saturated rings. The highest BCUT2D eigenvalue weighted by Crippen LogP contribution is 2.77. The van der Waals surface area contributed by atoms with Crippen molar-refractivity contribution in [3.63, 3.8) is 0 Å². The minimum Gasteiger partial charge on any atom is -0.0813 e. The molecule has 4 aliphatic carbocycles. The predicted molar refractivity (Wildman–Crippen MR) is 57.8 cm³/mol. The van der Waals surface area contributed by atoms with Gasteiger partial charge in [0.05, 0.1) is 0 Å². The minimum absolute atomic E-state index is 0.622. The lowest BCUT2D eigenvalue weighted by atomic mass is 9.62. The third kappa shape index (κ3) is 0.777. The van der Waals surface area contributed by atoms with Crippen LogP contribution in [-0.4, -0.2) is 0 Å². The first-order valence-electron chi connectivity index (χ1n) is 6.38. The summed E-state index contributed by atoms with van der Waals surface area (Å²) in [7, 11) is 0. The van der Waals surface area contributed by atoms with Crippen LogP contribution >= 0.6 is 0 Å². The van der Waals surface area contributed by atoms with Crippen molar-refractivity contribution in [2.45, 2.75) is 39.5 Å². The van der Waals surface area contributed by atoms with Gasteiger partial charge in [-0.15, -0.1) is 0 Å². The van der Waals surface area contributed by atoms with Gasteiger partial charge in [-0.05, 0) is 60.7 Å². The van der Waals surface area contributed by atoms with E-state index in [0.717, 1.165) is 29.6 Å². The van der Waals surface area contributed by atoms with Gasteiger partial charge in [-0.3, -0.25) is 0 Å². The summed E-state index contributed by atoms with van der Waals surface area (Å²) in [5.74, 6) is 5.61. The second kappa shape index (κ2) is 2.13. The van der Waals surface area contributed by atoms with Crippen LogP contribution in [0, 0.1) is 35.0 Å².